The molecule has 1 amide bonds. The van der Waals surface area contributed by atoms with Crippen molar-refractivity contribution in [2.45, 2.75) is 12.3 Å². The van der Waals surface area contributed by atoms with Crippen molar-refractivity contribution in [2.24, 2.45) is 0 Å². The molecule has 3 heterocycles. The van der Waals surface area contributed by atoms with Gasteiger partial charge in [-0.05, 0) is 18.6 Å². The fraction of sp³-hybridized carbons (Fsp3) is 0.250. The largest absolute Gasteiger partial charge is 0.368 e. The highest BCUT2D eigenvalue weighted by atomic mass is 16.5. The first kappa shape index (κ1) is 12.9. The number of hydrogen-bond donors (Lipinski definition) is 2. The number of benzene rings is 1. The zero-order chi connectivity index (χ0) is 15.1. The SMILES string of the molecule is Nc1cc([C@H]2CCN(C(=O)c3cc4ccccc4[nH]3)C2)no1. The summed E-state index contributed by atoms with van der Waals surface area (Å²) in [6, 6.07) is 11.5. The lowest BCUT2D eigenvalue weighted by atomic mass is 10.1. The van der Waals surface area contributed by atoms with E-state index in [2.05, 4.69) is 10.1 Å². The summed E-state index contributed by atoms with van der Waals surface area (Å²) in [5.41, 5.74) is 7.99. The molecule has 0 saturated carbocycles. The van der Waals surface area contributed by atoms with Gasteiger partial charge < -0.3 is 20.1 Å². The number of nitrogens with two attached hydrogens (primary N) is 1. The van der Waals surface area contributed by atoms with Crippen molar-refractivity contribution in [1.82, 2.24) is 15.0 Å². The van der Waals surface area contributed by atoms with Gasteiger partial charge in [-0.3, -0.25) is 4.79 Å². The fourth-order valence-corrected chi connectivity index (χ4v) is 3.04. The number of nitrogens with one attached hydrogen (secondary N) is 1. The molecule has 0 radical (unpaired) electrons. The molecule has 0 spiro atoms. The molecule has 4 rings (SSSR count). The maximum atomic E-state index is 12.6. The van der Waals surface area contributed by atoms with Gasteiger partial charge in [0.1, 0.15) is 5.69 Å². The fourth-order valence-electron chi connectivity index (χ4n) is 3.04. The molecule has 3 aromatic rings. The van der Waals surface area contributed by atoms with E-state index in [1.807, 2.05) is 35.2 Å². The van der Waals surface area contributed by atoms with E-state index in [0.717, 1.165) is 23.0 Å². The average Bonchev–Trinajstić information content (AvgIpc) is 3.24. The van der Waals surface area contributed by atoms with Gasteiger partial charge in [-0.15, -0.1) is 0 Å². The summed E-state index contributed by atoms with van der Waals surface area (Å²) in [4.78, 5) is 17.7. The van der Waals surface area contributed by atoms with E-state index in [4.69, 9.17) is 10.3 Å². The molecule has 3 N–H and O–H groups in total. The van der Waals surface area contributed by atoms with Crippen LogP contribution >= 0.6 is 0 Å². The molecule has 1 aliphatic rings. The third-order valence-corrected chi connectivity index (χ3v) is 4.20. The molecule has 0 bridgehead atoms. The predicted octanol–water partition coefficient (Wildman–Crippen LogP) is 2.37. The minimum absolute atomic E-state index is 0.0233. The van der Waals surface area contributed by atoms with Crippen molar-refractivity contribution in [3.8, 4) is 0 Å². The van der Waals surface area contributed by atoms with Crippen LogP contribution in [-0.2, 0) is 0 Å². The Morgan fingerprint density at radius 3 is 3.00 bits per heavy atom. The van der Waals surface area contributed by atoms with Gasteiger partial charge >= 0.3 is 0 Å². The minimum Gasteiger partial charge on any atom is -0.368 e. The number of fused-ring (bicyclic) bond motifs is 1. The van der Waals surface area contributed by atoms with Gasteiger partial charge in [0.05, 0.1) is 5.69 Å². The van der Waals surface area contributed by atoms with Crippen molar-refractivity contribution < 1.29 is 9.32 Å². The summed E-state index contributed by atoms with van der Waals surface area (Å²) in [6.45, 7) is 1.35. The molecular formula is C16H16N4O2. The zero-order valence-electron chi connectivity index (χ0n) is 12.0. The topological polar surface area (TPSA) is 88.1 Å². The number of nitrogen functional groups attached to an aromatic ring is 1. The molecule has 6 heteroatoms. The number of carbonyl (C=O) groups is 1. The average molecular weight is 296 g/mol. The van der Waals surface area contributed by atoms with Gasteiger partial charge in [-0.2, -0.15) is 0 Å². The van der Waals surface area contributed by atoms with Crippen LogP contribution in [0.2, 0.25) is 0 Å². The molecule has 1 aromatic carbocycles. The van der Waals surface area contributed by atoms with E-state index < -0.39 is 0 Å². The Morgan fingerprint density at radius 1 is 1.36 bits per heavy atom. The smallest absolute Gasteiger partial charge is 0.270 e. The summed E-state index contributed by atoms with van der Waals surface area (Å²) in [5, 5.41) is 5.00. The number of hydrogen-bond acceptors (Lipinski definition) is 4. The molecule has 1 aliphatic heterocycles. The third kappa shape index (κ3) is 2.13. The Bertz CT molecular complexity index is 802. The maximum Gasteiger partial charge on any atom is 0.270 e. The summed E-state index contributed by atoms with van der Waals surface area (Å²) in [5.74, 6) is 0.528. The van der Waals surface area contributed by atoms with Crippen molar-refractivity contribution in [3.05, 3.63) is 47.8 Å². The first-order chi connectivity index (χ1) is 10.7. The van der Waals surface area contributed by atoms with Crippen molar-refractivity contribution in [2.75, 3.05) is 18.8 Å². The van der Waals surface area contributed by atoms with Gasteiger partial charge in [0.25, 0.3) is 5.91 Å². The first-order valence-electron chi connectivity index (χ1n) is 7.30. The number of anilines is 1. The van der Waals surface area contributed by atoms with Crippen LogP contribution in [0.15, 0.2) is 40.9 Å². The quantitative estimate of drug-likeness (QED) is 0.760. The summed E-state index contributed by atoms with van der Waals surface area (Å²) in [6.07, 6.45) is 0.873. The highest BCUT2D eigenvalue weighted by Crippen LogP contribution is 2.28. The van der Waals surface area contributed by atoms with Crippen LogP contribution in [0.4, 0.5) is 5.88 Å². The highest BCUT2D eigenvalue weighted by Gasteiger charge is 2.30. The van der Waals surface area contributed by atoms with Crippen molar-refractivity contribution in [3.63, 3.8) is 0 Å². The molecule has 2 aromatic heterocycles. The highest BCUT2D eigenvalue weighted by molar-refractivity contribution is 5.98. The van der Waals surface area contributed by atoms with Crippen LogP contribution < -0.4 is 5.73 Å². The second-order valence-corrected chi connectivity index (χ2v) is 5.66. The lowest BCUT2D eigenvalue weighted by Gasteiger charge is -2.14. The Kier molecular flexibility index (Phi) is 2.89. The number of H-pyrrole nitrogens is 1. The number of carbonyl (C=O) groups excluding carboxylic acids is 1. The first-order valence-corrected chi connectivity index (χ1v) is 7.30. The van der Waals surface area contributed by atoms with E-state index in [0.29, 0.717) is 24.7 Å². The molecule has 6 nitrogen and oxygen atoms in total. The minimum atomic E-state index is 0.0233. The van der Waals surface area contributed by atoms with Crippen LogP contribution in [0.25, 0.3) is 10.9 Å². The zero-order valence-corrected chi connectivity index (χ0v) is 12.0. The Labute approximate surface area is 126 Å². The van der Waals surface area contributed by atoms with E-state index >= 15 is 0 Å². The monoisotopic (exact) mass is 296 g/mol. The van der Waals surface area contributed by atoms with E-state index in [9.17, 15) is 4.79 Å². The third-order valence-electron chi connectivity index (χ3n) is 4.20. The number of rotatable bonds is 2. The summed E-state index contributed by atoms with van der Waals surface area (Å²) >= 11 is 0. The predicted molar refractivity (Wildman–Crippen MR) is 82.5 cm³/mol. The Hall–Kier alpha value is -2.76. The lowest BCUT2D eigenvalue weighted by Crippen LogP contribution is -2.28. The van der Waals surface area contributed by atoms with Gasteiger partial charge in [0, 0.05) is 36.0 Å². The maximum absolute atomic E-state index is 12.6. The van der Waals surface area contributed by atoms with Crippen LogP contribution in [0.3, 0.4) is 0 Å². The molecule has 1 atom stereocenters. The lowest BCUT2D eigenvalue weighted by molar-refractivity contribution is 0.0785. The Morgan fingerprint density at radius 2 is 2.23 bits per heavy atom. The van der Waals surface area contributed by atoms with E-state index in [-0.39, 0.29) is 11.8 Å². The number of aromatic amines is 1. The molecule has 0 aliphatic carbocycles. The molecule has 1 saturated heterocycles. The standard InChI is InChI=1S/C16H16N4O2/c17-15-8-13(19-22-15)11-5-6-20(9-11)16(21)14-7-10-3-1-2-4-12(10)18-14/h1-4,7-8,11,18H,5-6,9,17H2/t11-/m0/s1. The van der Waals surface area contributed by atoms with E-state index in [1.54, 1.807) is 6.07 Å². The number of likely N-dealkylation sites (tertiary alicyclic amines) is 1. The number of nitrogens with zero attached hydrogens (tertiary/aromatic N) is 2. The van der Waals surface area contributed by atoms with Crippen LogP contribution in [0, 0.1) is 0 Å². The van der Waals surface area contributed by atoms with Crippen molar-refractivity contribution >= 4 is 22.7 Å². The number of amides is 1. The molecular weight excluding hydrogens is 280 g/mol. The van der Waals surface area contributed by atoms with E-state index in [1.165, 1.54) is 0 Å². The normalized spacial score (nSPS) is 18.2. The number of para-hydroxylation sites is 1. The van der Waals surface area contributed by atoms with Gasteiger partial charge in [-0.25, -0.2) is 0 Å². The van der Waals surface area contributed by atoms with Crippen molar-refractivity contribution in [1.29, 1.82) is 0 Å². The van der Waals surface area contributed by atoms with Crippen LogP contribution in [-0.4, -0.2) is 34.0 Å². The van der Waals surface area contributed by atoms with Gasteiger partial charge in [-0.1, -0.05) is 23.4 Å². The summed E-state index contributed by atoms with van der Waals surface area (Å²) < 4.78 is 4.92. The second-order valence-electron chi connectivity index (χ2n) is 5.66. The molecule has 22 heavy (non-hydrogen) atoms. The Balaban J connectivity index is 1.53. The van der Waals surface area contributed by atoms with Crippen LogP contribution in [0.1, 0.15) is 28.5 Å². The van der Waals surface area contributed by atoms with Crippen LogP contribution in [0.5, 0.6) is 0 Å². The summed E-state index contributed by atoms with van der Waals surface area (Å²) in [7, 11) is 0. The molecule has 112 valence electrons. The van der Waals surface area contributed by atoms with Gasteiger partial charge in [0.15, 0.2) is 0 Å². The number of aromatic nitrogens is 2. The second kappa shape index (κ2) is 4.91. The molecule has 1 fully saturated rings. The van der Waals surface area contributed by atoms with Gasteiger partial charge in [0.2, 0.25) is 5.88 Å². The molecule has 0 unspecified atom stereocenters.